The summed E-state index contributed by atoms with van der Waals surface area (Å²) >= 11 is 0. The highest BCUT2D eigenvalue weighted by Gasteiger charge is 2.57. The van der Waals surface area contributed by atoms with Gasteiger partial charge in [0, 0.05) is 52.5 Å². The van der Waals surface area contributed by atoms with Gasteiger partial charge in [0.05, 0.1) is 36.7 Å². The molecule has 214 valence electrons. The van der Waals surface area contributed by atoms with E-state index >= 15 is 0 Å². The molecule has 6 rings (SSSR count). The molecule has 1 heterocycles. The number of nitro groups is 1. The van der Waals surface area contributed by atoms with Gasteiger partial charge in [0.2, 0.25) is 11.8 Å². The lowest BCUT2D eigenvalue weighted by atomic mass is 9.59. The van der Waals surface area contributed by atoms with E-state index in [9.17, 15) is 34.4 Å². The lowest BCUT2D eigenvalue weighted by Crippen LogP contribution is -2.40. The Bertz CT molecular complexity index is 1700. The van der Waals surface area contributed by atoms with Crippen molar-refractivity contribution in [2.45, 2.75) is 25.7 Å². The van der Waals surface area contributed by atoms with Gasteiger partial charge in [-0.2, -0.15) is 0 Å². The van der Waals surface area contributed by atoms with Gasteiger partial charge in [-0.1, -0.05) is 11.6 Å². The van der Waals surface area contributed by atoms with Gasteiger partial charge in [-0.15, -0.1) is 0 Å². The fraction of sp³-hybridized carbons (Fsp3) is 0.290. The third kappa shape index (κ3) is 3.87. The van der Waals surface area contributed by atoms with Crippen LogP contribution in [0.1, 0.15) is 31.2 Å². The van der Waals surface area contributed by atoms with Gasteiger partial charge in [0.15, 0.2) is 11.6 Å². The molecule has 11 heteroatoms. The van der Waals surface area contributed by atoms with Crippen LogP contribution in [-0.4, -0.2) is 47.6 Å². The first-order valence-corrected chi connectivity index (χ1v) is 13.3. The van der Waals surface area contributed by atoms with Crippen LogP contribution >= 0.6 is 0 Å². The number of non-ortho nitro benzene ring substituents is 1. The molecule has 42 heavy (non-hydrogen) atoms. The molecule has 2 aromatic carbocycles. The molecule has 0 spiro atoms. The number of anilines is 1. The number of imide groups is 1. The third-order valence-corrected chi connectivity index (χ3v) is 8.72. The van der Waals surface area contributed by atoms with Crippen LogP contribution in [0.4, 0.5) is 11.4 Å². The second-order valence-electron chi connectivity index (χ2n) is 10.8. The molecule has 1 aliphatic heterocycles. The first-order chi connectivity index (χ1) is 20.1. The first kappa shape index (κ1) is 27.1. The molecule has 1 N–H and O–H groups in total. The maximum atomic E-state index is 14.0. The van der Waals surface area contributed by atoms with Crippen LogP contribution in [0.3, 0.4) is 0 Å². The van der Waals surface area contributed by atoms with Crippen molar-refractivity contribution in [3.05, 3.63) is 86.5 Å². The number of carbonyl (C=O) groups is 4. The maximum absolute atomic E-state index is 14.0. The number of hydrogen-bond acceptors (Lipinski definition) is 9. The topological polar surface area (TPSA) is 153 Å². The number of benzene rings is 2. The van der Waals surface area contributed by atoms with Crippen molar-refractivity contribution in [1.29, 1.82) is 0 Å². The van der Waals surface area contributed by atoms with Gasteiger partial charge in [-0.05, 0) is 43.9 Å². The second kappa shape index (κ2) is 9.79. The molecule has 4 atom stereocenters. The van der Waals surface area contributed by atoms with Crippen LogP contribution in [0.25, 0.3) is 0 Å². The first-order valence-electron chi connectivity index (χ1n) is 13.3. The number of fused-ring (bicyclic) bond motifs is 3. The highest BCUT2D eigenvalue weighted by Crippen LogP contribution is 2.58. The standard InChI is InChI=1S/C31H26N2O9/c1-14-10-22(34)21-13-20-18(26(27(21)29(14)36)28-23(35)11-17(41-2)12-24(28)42-3)8-9-19-25(20)31(38)32(30(19)37)15-4-6-16(7-5-15)33(39)40/h4-8,10-12,19-20,25-26,35H,9,13H2,1-3H3/t19-,20+,25-,26-/m0/s1. The van der Waals surface area contributed by atoms with E-state index in [4.69, 9.17) is 9.47 Å². The summed E-state index contributed by atoms with van der Waals surface area (Å²) in [4.78, 5) is 66.1. The molecule has 0 aromatic heterocycles. The number of ether oxygens (including phenoxy) is 2. The van der Waals surface area contributed by atoms with Gasteiger partial charge < -0.3 is 14.6 Å². The van der Waals surface area contributed by atoms with Gasteiger partial charge in [-0.3, -0.25) is 34.2 Å². The SMILES string of the molecule is COc1cc(O)c([C@H]2C3=CC[C@@H]4C(=O)N(c5ccc([N+](=O)[O-])cc5)C(=O)[C@@H]4[C@@H]3CC3=C2C(=O)C(C)=CC3=O)c(OC)c1. The van der Waals surface area contributed by atoms with Crippen LogP contribution in [0.15, 0.2) is 70.8 Å². The van der Waals surface area contributed by atoms with Crippen molar-refractivity contribution in [3.8, 4) is 17.2 Å². The molecule has 2 aromatic rings. The molecule has 2 amide bonds. The molecular weight excluding hydrogens is 544 g/mol. The van der Waals surface area contributed by atoms with Crippen LogP contribution in [0.2, 0.25) is 0 Å². The molecule has 0 bridgehead atoms. The summed E-state index contributed by atoms with van der Waals surface area (Å²) in [5, 5.41) is 22.3. The van der Waals surface area contributed by atoms with Crippen LogP contribution in [0, 0.1) is 27.9 Å². The predicted molar refractivity (Wildman–Crippen MR) is 148 cm³/mol. The van der Waals surface area contributed by atoms with Crippen molar-refractivity contribution >= 4 is 34.8 Å². The minimum atomic E-state index is -0.906. The molecule has 3 aliphatic carbocycles. The number of rotatable bonds is 5. The van der Waals surface area contributed by atoms with Crippen molar-refractivity contribution in [3.63, 3.8) is 0 Å². The number of allylic oxidation sites excluding steroid dienone is 6. The van der Waals surface area contributed by atoms with E-state index in [0.717, 1.165) is 4.90 Å². The molecule has 11 nitrogen and oxygen atoms in total. The third-order valence-electron chi connectivity index (χ3n) is 8.72. The number of nitrogens with zero attached hydrogens (tertiary/aromatic N) is 2. The smallest absolute Gasteiger partial charge is 0.269 e. The number of carbonyl (C=O) groups excluding carboxylic acids is 4. The zero-order chi connectivity index (χ0) is 30.0. The van der Waals surface area contributed by atoms with E-state index in [1.54, 1.807) is 13.0 Å². The summed E-state index contributed by atoms with van der Waals surface area (Å²) in [7, 11) is 2.85. The molecule has 0 radical (unpaired) electrons. The summed E-state index contributed by atoms with van der Waals surface area (Å²) in [6, 6.07) is 8.15. The van der Waals surface area contributed by atoms with Gasteiger partial charge >= 0.3 is 0 Å². The Labute approximate surface area is 239 Å². The molecule has 1 saturated heterocycles. The van der Waals surface area contributed by atoms with Gasteiger partial charge in [0.25, 0.3) is 5.69 Å². The maximum Gasteiger partial charge on any atom is 0.269 e. The van der Waals surface area contributed by atoms with E-state index in [1.807, 2.05) is 6.08 Å². The largest absolute Gasteiger partial charge is 0.507 e. The lowest BCUT2D eigenvalue weighted by molar-refractivity contribution is -0.384. The lowest BCUT2D eigenvalue weighted by Gasteiger charge is -2.42. The predicted octanol–water partition coefficient (Wildman–Crippen LogP) is 3.95. The van der Waals surface area contributed by atoms with Crippen LogP contribution in [-0.2, 0) is 19.2 Å². The Morgan fingerprint density at radius 3 is 2.36 bits per heavy atom. The Morgan fingerprint density at radius 2 is 1.71 bits per heavy atom. The number of phenols is 1. The average molecular weight is 571 g/mol. The molecule has 0 unspecified atom stereocenters. The fourth-order valence-corrected chi connectivity index (χ4v) is 6.83. The minimum Gasteiger partial charge on any atom is -0.507 e. The van der Waals surface area contributed by atoms with E-state index in [0.29, 0.717) is 11.3 Å². The number of ketones is 2. The molecule has 0 saturated carbocycles. The number of methoxy groups -OCH3 is 2. The van der Waals surface area contributed by atoms with Crippen LogP contribution < -0.4 is 14.4 Å². The Hall–Kier alpha value is -5.06. The molecule has 4 aliphatic rings. The van der Waals surface area contributed by atoms with E-state index in [1.165, 1.54) is 50.6 Å². The number of nitro benzene ring substituents is 1. The van der Waals surface area contributed by atoms with Crippen LogP contribution in [0.5, 0.6) is 17.2 Å². The molecule has 1 fully saturated rings. The minimum absolute atomic E-state index is 0.0690. The zero-order valence-electron chi connectivity index (χ0n) is 23.0. The monoisotopic (exact) mass is 570 g/mol. The summed E-state index contributed by atoms with van der Waals surface area (Å²) < 4.78 is 10.9. The van der Waals surface area contributed by atoms with Crippen molar-refractivity contribution in [1.82, 2.24) is 0 Å². The number of hydrogen-bond donors (Lipinski definition) is 1. The summed E-state index contributed by atoms with van der Waals surface area (Å²) in [6.45, 7) is 1.56. The summed E-state index contributed by atoms with van der Waals surface area (Å²) in [5.41, 5.74) is 1.69. The van der Waals surface area contributed by atoms with Crippen molar-refractivity contribution < 1.29 is 38.7 Å². The summed E-state index contributed by atoms with van der Waals surface area (Å²) in [6.07, 6.45) is 3.38. The number of aromatic hydroxyl groups is 1. The average Bonchev–Trinajstić information content (AvgIpc) is 3.24. The number of amides is 2. The van der Waals surface area contributed by atoms with E-state index in [2.05, 4.69) is 0 Å². The van der Waals surface area contributed by atoms with Crippen molar-refractivity contribution in [2.24, 2.45) is 17.8 Å². The fourth-order valence-electron chi connectivity index (χ4n) is 6.83. The van der Waals surface area contributed by atoms with E-state index < -0.39 is 40.4 Å². The second-order valence-corrected chi connectivity index (χ2v) is 10.8. The Morgan fingerprint density at radius 1 is 1.00 bits per heavy atom. The summed E-state index contributed by atoms with van der Waals surface area (Å²) in [5.74, 6) is -4.35. The Kier molecular flexibility index (Phi) is 6.32. The van der Waals surface area contributed by atoms with E-state index in [-0.39, 0.29) is 69.6 Å². The highest BCUT2D eigenvalue weighted by molar-refractivity contribution is 6.25. The van der Waals surface area contributed by atoms with Gasteiger partial charge in [0.1, 0.15) is 17.2 Å². The van der Waals surface area contributed by atoms with Crippen molar-refractivity contribution in [2.75, 3.05) is 19.1 Å². The molecular formula is C31H26N2O9. The number of phenolic OH excluding ortho intramolecular Hbond substituents is 1. The highest BCUT2D eigenvalue weighted by atomic mass is 16.6. The van der Waals surface area contributed by atoms with Gasteiger partial charge in [-0.25, -0.2) is 0 Å². The Balaban J connectivity index is 1.50. The quantitative estimate of drug-likeness (QED) is 0.185. The number of Topliss-reactive ketones (excluding diaryl/α,β-unsaturated/α-hetero) is 1. The zero-order valence-corrected chi connectivity index (χ0v) is 23.0. The normalized spacial score (nSPS) is 25.0.